The molecule has 0 nitrogen and oxygen atoms in total. The summed E-state index contributed by atoms with van der Waals surface area (Å²) in [6.07, 6.45) is 53.9. The van der Waals surface area contributed by atoms with Crippen LogP contribution in [0.4, 0.5) is 0 Å². The van der Waals surface area contributed by atoms with E-state index in [4.69, 9.17) is 0 Å². The van der Waals surface area contributed by atoms with Crippen LogP contribution < -0.4 is 0 Å². The van der Waals surface area contributed by atoms with Crippen molar-refractivity contribution in [2.45, 2.75) is 233 Å². The van der Waals surface area contributed by atoms with Crippen LogP contribution in [0.1, 0.15) is 233 Å². The van der Waals surface area contributed by atoms with E-state index < -0.39 is 7.26 Å². The van der Waals surface area contributed by atoms with Gasteiger partial charge in [-0.25, -0.2) is 0 Å². The molecular formula is C40H85P. The van der Waals surface area contributed by atoms with Crippen molar-refractivity contribution in [2.75, 3.05) is 25.2 Å². The van der Waals surface area contributed by atoms with Crippen molar-refractivity contribution in [2.24, 2.45) is 0 Å². The van der Waals surface area contributed by atoms with Crippen molar-refractivity contribution < 1.29 is 0 Å². The molecule has 0 saturated heterocycles. The van der Waals surface area contributed by atoms with E-state index >= 15 is 0 Å². The molecule has 0 aromatic heterocycles. The smallest absolute Gasteiger partial charge is 0.0654 e. The third-order valence-corrected chi connectivity index (χ3v) is 14.8. The summed E-state index contributed by atoms with van der Waals surface area (Å²) < 4.78 is 0. The van der Waals surface area contributed by atoms with Crippen LogP contribution in [0.2, 0.25) is 0 Å². The van der Waals surface area contributed by atoms with Crippen molar-refractivity contribution in [3.63, 3.8) is 0 Å². The number of hydrogen-bond donors (Lipinski definition) is 0. The molecule has 0 fully saturated rings. The monoisotopic (exact) mass is 597 g/mol. The molecule has 0 N–H and O–H groups in total. The Kier molecular flexibility index (Phi) is 35.3. The molecule has 1 heteroatoms. The number of hydrogen-bond acceptors (Lipinski definition) is 0. The molecule has 0 unspecified atom stereocenters. The molecule has 0 aliphatic heterocycles. The Morgan fingerprint density at radius 3 is 0.537 bits per heavy atom. The predicted molar refractivity (Wildman–Crippen MR) is 198 cm³/mol. The fourth-order valence-corrected chi connectivity index (χ4v) is 11.1. The van der Waals surface area contributed by atoms with Gasteiger partial charge in [0.05, 0.1) is 0 Å². The summed E-state index contributed by atoms with van der Waals surface area (Å²) in [6.45, 7) is 9.79. The summed E-state index contributed by atoms with van der Waals surface area (Å²) in [7, 11) is -1.03. The maximum atomic E-state index is 2.82. The van der Waals surface area contributed by atoms with Gasteiger partial charge in [0.25, 0.3) is 0 Å². The van der Waals surface area contributed by atoms with E-state index in [1.165, 1.54) is 193 Å². The molecular weight excluding hydrogens is 511 g/mol. The Bertz CT molecular complexity index is 393. The first-order valence-electron chi connectivity index (χ1n) is 20.2. The van der Waals surface area contributed by atoms with Gasteiger partial charge in [0.2, 0.25) is 0 Å². The third kappa shape index (κ3) is 33.2. The molecule has 0 bridgehead atoms. The van der Waals surface area contributed by atoms with E-state index in [1.807, 2.05) is 0 Å². The van der Waals surface area contributed by atoms with E-state index in [2.05, 4.69) is 27.4 Å². The summed E-state index contributed by atoms with van der Waals surface area (Å²) in [5.74, 6) is 0. The normalized spacial score (nSPS) is 12.4. The molecule has 41 heavy (non-hydrogen) atoms. The Morgan fingerprint density at radius 1 is 0.220 bits per heavy atom. The first-order chi connectivity index (χ1) is 20.2. The van der Waals surface area contributed by atoms with Crippen molar-refractivity contribution in [1.82, 2.24) is 0 Å². The average Bonchev–Trinajstić information content (AvgIpc) is 2.97. The predicted octanol–water partition coefficient (Wildman–Crippen LogP) is 15.3. The SMILES string of the molecule is CCCCCCCCCCCCC[PH](C)(CCCCCCCCCCCCC)CCCCCCCCCCCCC. The zero-order chi connectivity index (χ0) is 30.0. The van der Waals surface area contributed by atoms with Gasteiger partial charge < -0.3 is 0 Å². The molecule has 0 aromatic rings. The molecule has 0 atom stereocenters. The molecule has 0 radical (unpaired) electrons. The molecule has 250 valence electrons. The summed E-state index contributed by atoms with van der Waals surface area (Å²) in [5, 5.41) is 0. The van der Waals surface area contributed by atoms with Crippen LogP contribution in [0, 0.1) is 0 Å². The first kappa shape index (κ1) is 41.4. The Labute approximate surface area is 264 Å². The molecule has 0 rings (SSSR count). The topological polar surface area (TPSA) is 0 Å². The minimum atomic E-state index is -1.03. The fourth-order valence-electron chi connectivity index (χ4n) is 7.02. The van der Waals surface area contributed by atoms with E-state index in [0.717, 1.165) is 0 Å². The average molecular weight is 597 g/mol. The van der Waals surface area contributed by atoms with E-state index in [9.17, 15) is 0 Å². The minimum Gasteiger partial charge on any atom is -0.0654 e. The van der Waals surface area contributed by atoms with Gasteiger partial charge >= 0.3 is 244 Å². The van der Waals surface area contributed by atoms with Crippen molar-refractivity contribution in [1.29, 1.82) is 0 Å². The van der Waals surface area contributed by atoms with Gasteiger partial charge in [-0.1, -0.05) is 20.8 Å². The van der Waals surface area contributed by atoms with Gasteiger partial charge in [-0.2, -0.15) is 0 Å². The molecule has 0 heterocycles. The Balaban J connectivity index is 4.06. The van der Waals surface area contributed by atoms with Crippen LogP contribution in [0.15, 0.2) is 0 Å². The van der Waals surface area contributed by atoms with Gasteiger partial charge in [0.15, 0.2) is 0 Å². The first-order valence-corrected chi connectivity index (χ1v) is 23.3. The fraction of sp³-hybridized carbons (Fsp3) is 1.00. The second-order valence-electron chi connectivity index (χ2n) is 14.7. The van der Waals surface area contributed by atoms with Gasteiger partial charge in [-0.15, -0.1) is 0 Å². The molecule has 0 saturated carbocycles. The molecule has 0 aliphatic rings. The van der Waals surface area contributed by atoms with E-state index in [-0.39, 0.29) is 0 Å². The standard InChI is InChI=1S/C40H85P/c1-5-8-11-14-17-20-23-26-29-32-35-38-41(4,39-36-33-30-27-24-21-18-15-12-9-6-2)40-37-34-31-28-25-22-19-16-13-10-7-3/h41H,5-40H2,1-4H3. The van der Waals surface area contributed by atoms with Crippen LogP contribution in [0.3, 0.4) is 0 Å². The second-order valence-corrected chi connectivity index (χ2v) is 19.8. The van der Waals surface area contributed by atoms with Crippen molar-refractivity contribution in [3.05, 3.63) is 0 Å². The summed E-state index contributed by atoms with van der Waals surface area (Å²) in [6, 6.07) is 0. The molecule has 0 spiro atoms. The van der Waals surface area contributed by atoms with Gasteiger partial charge in [0.1, 0.15) is 0 Å². The van der Waals surface area contributed by atoms with E-state index in [1.54, 1.807) is 37.7 Å². The van der Waals surface area contributed by atoms with Crippen LogP contribution in [-0.4, -0.2) is 25.2 Å². The second kappa shape index (κ2) is 34.9. The molecule has 0 amide bonds. The number of rotatable bonds is 36. The van der Waals surface area contributed by atoms with Crippen molar-refractivity contribution in [3.8, 4) is 0 Å². The quantitative estimate of drug-likeness (QED) is 0.0498. The van der Waals surface area contributed by atoms with Gasteiger partial charge in [-0.3, -0.25) is 0 Å². The molecule has 0 aromatic carbocycles. The number of unbranched alkanes of at least 4 members (excludes halogenated alkanes) is 30. The summed E-state index contributed by atoms with van der Waals surface area (Å²) in [4.78, 5) is 0. The summed E-state index contributed by atoms with van der Waals surface area (Å²) >= 11 is 0. The van der Waals surface area contributed by atoms with Crippen LogP contribution in [-0.2, 0) is 0 Å². The minimum absolute atomic E-state index is 1.03. The maximum absolute atomic E-state index is 2.82. The van der Waals surface area contributed by atoms with Gasteiger partial charge in [-0.05, 0) is 0 Å². The van der Waals surface area contributed by atoms with E-state index in [0.29, 0.717) is 0 Å². The van der Waals surface area contributed by atoms with Crippen molar-refractivity contribution >= 4 is 7.26 Å². The summed E-state index contributed by atoms with van der Waals surface area (Å²) in [5.41, 5.74) is 0. The Hall–Kier alpha value is 0.430. The molecule has 0 aliphatic carbocycles. The zero-order valence-corrected chi connectivity index (χ0v) is 31.0. The Morgan fingerprint density at radius 2 is 0.366 bits per heavy atom. The van der Waals surface area contributed by atoms with Gasteiger partial charge in [0, 0.05) is 0 Å². The van der Waals surface area contributed by atoms with Crippen LogP contribution in [0.5, 0.6) is 0 Å². The van der Waals surface area contributed by atoms with Crippen LogP contribution in [0.25, 0.3) is 0 Å². The zero-order valence-electron chi connectivity index (χ0n) is 30.0. The van der Waals surface area contributed by atoms with Crippen LogP contribution >= 0.6 is 7.26 Å². The third-order valence-electron chi connectivity index (χ3n) is 10.2.